The predicted octanol–water partition coefficient (Wildman–Crippen LogP) is 4.23. The van der Waals surface area contributed by atoms with E-state index in [-0.39, 0.29) is 5.89 Å². The van der Waals surface area contributed by atoms with Crippen LogP contribution in [0.5, 0.6) is 0 Å². The predicted molar refractivity (Wildman–Crippen MR) is 89.0 cm³/mol. The average molecular weight is 406 g/mol. The molecule has 25 heavy (non-hydrogen) atoms. The zero-order chi connectivity index (χ0) is 17.4. The summed E-state index contributed by atoms with van der Waals surface area (Å²) in [5.74, 6) is -0.680. The maximum absolute atomic E-state index is 12.5. The topological polar surface area (TPSA) is 69.6 Å². The monoisotopic (exact) mass is 405 g/mol. The quantitative estimate of drug-likeness (QED) is 0.508. The number of aromatic nitrogens is 5. The molecule has 0 spiro atoms. The SMILES string of the molecule is FC(F)c1nnc(-c2ccc(Cn3cnc4ccc(Br)cc43)nc2)o1. The zero-order valence-electron chi connectivity index (χ0n) is 12.6. The van der Waals surface area contributed by atoms with Crippen molar-refractivity contribution in [3.63, 3.8) is 0 Å². The lowest BCUT2D eigenvalue weighted by Crippen LogP contribution is -2.00. The third-order valence-corrected chi connectivity index (χ3v) is 4.11. The first-order valence-corrected chi connectivity index (χ1v) is 8.07. The van der Waals surface area contributed by atoms with Crippen molar-refractivity contribution in [2.45, 2.75) is 13.0 Å². The van der Waals surface area contributed by atoms with Crippen molar-refractivity contribution in [1.29, 1.82) is 0 Å². The maximum atomic E-state index is 12.5. The first-order chi connectivity index (χ1) is 12.1. The van der Waals surface area contributed by atoms with Crippen molar-refractivity contribution >= 4 is 27.0 Å². The van der Waals surface area contributed by atoms with Gasteiger partial charge in [-0.25, -0.2) is 4.98 Å². The molecule has 0 aliphatic heterocycles. The molecule has 1 aromatic carbocycles. The van der Waals surface area contributed by atoms with E-state index >= 15 is 0 Å². The lowest BCUT2D eigenvalue weighted by Gasteiger charge is -2.04. The Labute approximate surface area is 148 Å². The van der Waals surface area contributed by atoms with Gasteiger partial charge in [-0.05, 0) is 30.3 Å². The summed E-state index contributed by atoms with van der Waals surface area (Å²) in [5.41, 5.74) is 3.15. The van der Waals surface area contributed by atoms with Crippen LogP contribution in [0.1, 0.15) is 18.0 Å². The minimum absolute atomic E-state index is 0.0198. The molecule has 6 nitrogen and oxygen atoms in total. The largest absolute Gasteiger partial charge is 0.415 e. The van der Waals surface area contributed by atoms with Gasteiger partial charge < -0.3 is 8.98 Å². The van der Waals surface area contributed by atoms with Crippen molar-refractivity contribution in [3.05, 3.63) is 58.9 Å². The molecule has 0 aliphatic rings. The molecule has 0 amide bonds. The van der Waals surface area contributed by atoms with Gasteiger partial charge in [0, 0.05) is 10.7 Å². The molecular formula is C16H10BrF2N5O. The highest BCUT2D eigenvalue weighted by Crippen LogP contribution is 2.23. The van der Waals surface area contributed by atoms with Gasteiger partial charge in [0.25, 0.3) is 5.89 Å². The van der Waals surface area contributed by atoms with E-state index in [1.165, 1.54) is 6.20 Å². The van der Waals surface area contributed by atoms with Gasteiger partial charge in [0.1, 0.15) is 0 Å². The second-order valence-electron chi connectivity index (χ2n) is 5.29. The summed E-state index contributed by atoms with van der Waals surface area (Å²) in [6.45, 7) is 0.527. The van der Waals surface area contributed by atoms with E-state index in [1.807, 2.05) is 22.8 Å². The summed E-state index contributed by atoms with van der Waals surface area (Å²) in [4.78, 5) is 8.69. The Morgan fingerprint density at radius 2 is 2.00 bits per heavy atom. The Morgan fingerprint density at radius 1 is 1.12 bits per heavy atom. The summed E-state index contributed by atoms with van der Waals surface area (Å²) in [6, 6.07) is 9.35. The molecule has 0 aliphatic carbocycles. The molecule has 4 aromatic rings. The molecule has 4 rings (SSSR count). The van der Waals surface area contributed by atoms with Gasteiger partial charge >= 0.3 is 6.43 Å². The molecule has 0 N–H and O–H groups in total. The van der Waals surface area contributed by atoms with E-state index in [1.54, 1.807) is 18.5 Å². The number of hydrogen-bond acceptors (Lipinski definition) is 5. The van der Waals surface area contributed by atoms with Gasteiger partial charge in [0.15, 0.2) is 0 Å². The molecule has 0 bridgehead atoms. The second-order valence-corrected chi connectivity index (χ2v) is 6.21. The molecule has 3 heterocycles. The van der Waals surface area contributed by atoms with Crippen LogP contribution in [0.2, 0.25) is 0 Å². The molecule has 0 saturated carbocycles. The van der Waals surface area contributed by atoms with Gasteiger partial charge in [-0.1, -0.05) is 15.9 Å². The van der Waals surface area contributed by atoms with Crippen LogP contribution < -0.4 is 0 Å². The Balaban J connectivity index is 1.58. The highest BCUT2D eigenvalue weighted by atomic mass is 79.9. The van der Waals surface area contributed by atoms with Crippen LogP contribution in [0, 0.1) is 0 Å². The Bertz CT molecular complexity index is 1030. The molecule has 0 fully saturated rings. The van der Waals surface area contributed by atoms with E-state index < -0.39 is 12.3 Å². The van der Waals surface area contributed by atoms with Crippen LogP contribution in [0.15, 0.2) is 51.7 Å². The second kappa shape index (κ2) is 6.32. The Kier molecular flexibility index (Phi) is 4.00. The molecule has 0 atom stereocenters. The Hall–Kier alpha value is -2.68. The fourth-order valence-corrected chi connectivity index (χ4v) is 2.76. The lowest BCUT2D eigenvalue weighted by atomic mass is 10.2. The van der Waals surface area contributed by atoms with Gasteiger partial charge in [0.2, 0.25) is 5.89 Å². The van der Waals surface area contributed by atoms with Gasteiger partial charge in [0.05, 0.1) is 35.2 Å². The standard InChI is InChI=1S/C16H10BrF2N5O/c17-10-2-4-12-13(5-10)24(8-21-12)7-11-3-1-9(6-20-11)15-22-23-16(25-15)14(18)19/h1-6,8,14H,7H2. The van der Waals surface area contributed by atoms with Crippen molar-refractivity contribution in [3.8, 4) is 11.5 Å². The number of benzene rings is 1. The van der Waals surface area contributed by atoms with Crippen LogP contribution in [-0.4, -0.2) is 24.7 Å². The highest BCUT2D eigenvalue weighted by molar-refractivity contribution is 9.10. The van der Waals surface area contributed by atoms with E-state index in [9.17, 15) is 8.78 Å². The first-order valence-electron chi connectivity index (χ1n) is 7.27. The fraction of sp³-hybridized carbons (Fsp3) is 0.125. The molecule has 9 heteroatoms. The smallest absolute Gasteiger partial charge is 0.314 e. The Morgan fingerprint density at radius 3 is 2.72 bits per heavy atom. The van der Waals surface area contributed by atoms with Crippen LogP contribution >= 0.6 is 15.9 Å². The van der Waals surface area contributed by atoms with Crippen molar-refractivity contribution < 1.29 is 13.2 Å². The third kappa shape index (κ3) is 3.14. The van der Waals surface area contributed by atoms with E-state index in [0.29, 0.717) is 12.1 Å². The van der Waals surface area contributed by atoms with Gasteiger partial charge in [-0.3, -0.25) is 4.98 Å². The molecule has 0 unspecified atom stereocenters. The van der Waals surface area contributed by atoms with Gasteiger partial charge in [-0.15, -0.1) is 10.2 Å². The molecule has 3 aromatic heterocycles. The molecule has 0 saturated heterocycles. The molecule has 0 radical (unpaired) electrons. The summed E-state index contributed by atoms with van der Waals surface area (Å²) in [6.07, 6.45) is 0.481. The van der Waals surface area contributed by atoms with Crippen molar-refractivity contribution in [1.82, 2.24) is 24.7 Å². The number of rotatable bonds is 4. The summed E-state index contributed by atoms with van der Waals surface area (Å²) >= 11 is 3.45. The van der Waals surface area contributed by atoms with E-state index in [2.05, 4.69) is 36.1 Å². The van der Waals surface area contributed by atoms with Crippen LogP contribution in [0.3, 0.4) is 0 Å². The van der Waals surface area contributed by atoms with Crippen LogP contribution in [-0.2, 0) is 6.54 Å². The summed E-state index contributed by atoms with van der Waals surface area (Å²) < 4.78 is 32.9. The van der Waals surface area contributed by atoms with Crippen molar-refractivity contribution in [2.24, 2.45) is 0 Å². The maximum Gasteiger partial charge on any atom is 0.314 e. The highest BCUT2D eigenvalue weighted by Gasteiger charge is 2.17. The van der Waals surface area contributed by atoms with E-state index in [4.69, 9.17) is 4.42 Å². The normalized spacial score (nSPS) is 11.5. The summed E-state index contributed by atoms with van der Waals surface area (Å²) in [7, 11) is 0. The minimum Gasteiger partial charge on any atom is -0.415 e. The third-order valence-electron chi connectivity index (χ3n) is 3.61. The zero-order valence-corrected chi connectivity index (χ0v) is 14.2. The number of imidazole rings is 1. The number of hydrogen-bond donors (Lipinski definition) is 0. The van der Waals surface area contributed by atoms with Crippen molar-refractivity contribution in [2.75, 3.05) is 0 Å². The van der Waals surface area contributed by atoms with Gasteiger partial charge in [-0.2, -0.15) is 8.78 Å². The first kappa shape index (κ1) is 15.8. The number of nitrogens with zero attached hydrogens (tertiary/aromatic N) is 5. The average Bonchev–Trinajstić information content (AvgIpc) is 3.23. The number of halogens is 3. The lowest BCUT2D eigenvalue weighted by molar-refractivity contribution is 0.116. The number of alkyl halides is 2. The molecule has 126 valence electrons. The van der Waals surface area contributed by atoms with Crippen LogP contribution in [0.25, 0.3) is 22.5 Å². The summed E-state index contributed by atoms with van der Waals surface area (Å²) in [5, 5.41) is 6.91. The number of pyridine rings is 1. The fourth-order valence-electron chi connectivity index (χ4n) is 2.41. The van der Waals surface area contributed by atoms with E-state index in [0.717, 1.165) is 21.2 Å². The molecular weight excluding hydrogens is 396 g/mol. The van der Waals surface area contributed by atoms with Crippen LogP contribution in [0.4, 0.5) is 8.78 Å². The number of fused-ring (bicyclic) bond motifs is 1. The minimum atomic E-state index is -2.79.